The molecule has 0 aromatic carbocycles. The molecule has 0 amide bonds. The maximum Gasteiger partial charge on any atom is 0.500 e. The number of thiocyanates is 1. The van der Waals surface area contributed by atoms with Gasteiger partial charge in [0, 0.05) is 31.1 Å². The van der Waals surface area contributed by atoms with Crippen LogP contribution in [0.1, 0.15) is 34.1 Å². The van der Waals surface area contributed by atoms with Gasteiger partial charge in [0.2, 0.25) is 0 Å². The minimum Gasteiger partial charge on any atom is -0.374 e. The van der Waals surface area contributed by atoms with E-state index in [1.807, 2.05) is 27.7 Å². The molecule has 0 bridgehead atoms. The van der Waals surface area contributed by atoms with Gasteiger partial charge < -0.3 is 13.3 Å². The van der Waals surface area contributed by atoms with E-state index < -0.39 is 8.80 Å². The Labute approximate surface area is 110 Å². The van der Waals surface area contributed by atoms with Crippen LogP contribution >= 0.6 is 11.8 Å². The first-order chi connectivity index (χ1) is 8.14. The second-order valence-corrected chi connectivity index (χ2v) is 7.50. The molecular formula is C11H23NO3SSi. The van der Waals surface area contributed by atoms with Crippen molar-refractivity contribution in [1.82, 2.24) is 0 Å². The molecule has 6 heteroatoms. The van der Waals surface area contributed by atoms with Crippen molar-refractivity contribution in [2.45, 2.75) is 45.4 Å². The number of hydrogen-bond acceptors (Lipinski definition) is 5. The van der Waals surface area contributed by atoms with Crippen LogP contribution in [0.4, 0.5) is 0 Å². The smallest absolute Gasteiger partial charge is 0.374 e. The van der Waals surface area contributed by atoms with Crippen LogP contribution < -0.4 is 0 Å². The predicted octanol–water partition coefficient (Wildman–Crippen LogP) is 3.03. The molecular weight excluding hydrogens is 254 g/mol. The lowest BCUT2D eigenvalue weighted by molar-refractivity contribution is 0.0708. The van der Waals surface area contributed by atoms with Crippen molar-refractivity contribution in [2.75, 3.05) is 19.8 Å². The summed E-state index contributed by atoms with van der Waals surface area (Å²) in [6, 6.07) is 0.776. The summed E-state index contributed by atoms with van der Waals surface area (Å²) < 4.78 is 17.2. The van der Waals surface area contributed by atoms with Gasteiger partial charge in [-0.3, -0.25) is 0 Å². The first-order valence-corrected chi connectivity index (χ1v) is 8.91. The Bertz CT molecular complexity index is 218. The summed E-state index contributed by atoms with van der Waals surface area (Å²) in [5.41, 5.74) is 0. The minimum absolute atomic E-state index is 0.285. The van der Waals surface area contributed by atoms with Crippen LogP contribution in [-0.2, 0) is 13.3 Å². The highest BCUT2D eigenvalue weighted by atomic mass is 32.2. The summed E-state index contributed by atoms with van der Waals surface area (Å²) in [6.07, 6.45) is 0.879. The van der Waals surface area contributed by atoms with E-state index in [0.717, 1.165) is 12.5 Å². The van der Waals surface area contributed by atoms with Crippen LogP contribution in [0.5, 0.6) is 0 Å². The Morgan fingerprint density at radius 1 is 1.12 bits per heavy atom. The van der Waals surface area contributed by atoms with Crippen LogP contribution in [0.15, 0.2) is 0 Å². The summed E-state index contributed by atoms with van der Waals surface area (Å²) in [6.45, 7) is 9.70. The minimum atomic E-state index is -2.51. The fourth-order valence-corrected chi connectivity index (χ4v) is 4.94. The quantitative estimate of drug-likeness (QED) is 0.454. The van der Waals surface area contributed by atoms with E-state index in [4.69, 9.17) is 18.5 Å². The molecule has 0 aliphatic carbocycles. The van der Waals surface area contributed by atoms with E-state index >= 15 is 0 Å². The van der Waals surface area contributed by atoms with Gasteiger partial charge in [0.25, 0.3) is 0 Å². The number of rotatable bonds is 10. The van der Waals surface area contributed by atoms with Crippen molar-refractivity contribution in [3.05, 3.63) is 0 Å². The standard InChI is InChI=1S/C11H23NO3SSi/c1-5-13-17(14-6-2,15-7-3)9-8-11(4)16-10-12/h11H,5-9H2,1-4H3/t11-/m1/s1. The fourth-order valence-electron chi connectivity index (χ4n) is 1.53. The summed E-state index contributed by atoms with van der Waals surface area (Å²) in [5, 5.41) is 11.0. The normalized spacial score (nSPS) is 13.4. The van der Waals surface area contributed by atoms with Crippen molar-refractivity contribution >= 4 is 20.6 Å². The van der Waals surface area contributed by atoms with E-state index in [9.17, 15) is 0 Å². The largest absolute Gasteiger partial charge is 0.500 e. The molecule has 0 unspecified atom stereocenters. The first-order valence-electron chi connectivity index (χ1n) is 6.10. The molecule has 0 aromatic heterocycles. The van der Waals surface area contributed by atoms with Crippen LogP contribution in [0.2, 0.25) is 6.04 Å². The highest BCUT2D eigenvalue weighted by Gasteiger charge is 2.40. The van der Waals surface area contributed by atoms with Gasteiger partial charge in [0.15, 0.2) is 0 Å². The van der Waals surface area contributed by atoms with Gasteiger partial charge in [-0.25, -0.2) is 0 Å². The van der Waals surface area contributed by atoms with E-state index in [2.05, 4.69) is 5.40 Å². The van der Waals surface area contributed by atoms with Gasteiger partial charge in [-0.1, -0.05) is 6.92 Å². The summed E-state index contributed by atoms with van der Waals surface area (Å²) in [7, 11) is -2.51. The van der Waals surface area contributed by atoms with Gasteiger partial charge in [-0.05, 0) is 39.0 Å². The van der Waals surface area contributed by atoms with Gasteiger partial charge in [-0.15, -0.1) is 0 Å². The molecule has 0 rings (SSSR count). The highest BCUT2D eigenvalue weighted by molar-refractivity contribution is 8.04. The van der Waals surface area contributed by atoms with Crippen LogP contribution in [0.25, 0.3) is 0 Å². The van der Waals surface area contributed by atoms with Gasteiger partial charge >= 0.3 is 8.80 Å². The molecule has 0 aliphatic heterocycles. The van der Waals surface area contributed by atoms with Gasteiger partial charge in [0.1, 0.15) is 5.40 Å². The average Bonchev–Trinajstić information content (AvgIpc) is 2.28. The molecule has 4 nitrogen and oxygen atoms in total. The van der Waals surface area contributed by atoms with Crippen molar-refractivity contribution in [1.29, 1.82) is 5.26 Å². The third-order valence-electron chi connectivity index (χ3n) is 2.20. The highest BCUT2D eigenvalue weighted by Crippen LogP contribution is 2.23. The lowest BCUT2D eigenvalue weighted by Gasteiger charge is -2.29. The van der Waals surface area contributed by atoms with Gasteiger partial charge in [0.05, 0.1) is 0 Å². The number of nitrogens with zero attached hydrogens (tertiary/aromatic N) is 1. The van der Waals surface area contributed by atoms with E-state index in [0.29, 0.717) is 19.8 Å². The van der Waals surface area contributed by atoms with E-state index in [-0.39, 0.29) is 5.25 Å². The molecule has 0 aliphatic rings. The molecule has 100 valence electrons. The average molecular weight is 277 g/mol. The Kier molecular flexibility index (Phi) is 9.88. The third kappa shape index (κ3) is 7.06. The Balaban J connectivity index is 4.38. The molecule has 0 N–H and O–H groups in total. The molecule has 0 fully saturated rings. The molecule has 0 spiro atoms. The lowest BCUT2D eigenvalue weighted by Crippen LogP contribution is -2.46. The zero-order chi connectivity index (χ0) is 13.1. The molecule has 0 saturated heterocycles. The topological polar surface area (TPSA) is 51.5 Å². The molecule has 0 heterocycles. The van der Waals surface area contributed by atoms with Crippen molar-refractivity contribution in [2.24, 2.45) is 0 Å². The SMILES string of the molecule is CCO[Si](CC[C@@H](C)SC#N)(OCC)OCC. The summed E-state index contributed by atoms with van der Waals surface area (Å²) in [5.74, 6) is 0. The summed E-state index contributed by atoms with van der Waals surface area (Å²) >= 11 is 1.29. The maximum atomic E-state index is 8.61. The zero-order valence-electron chi connectivity index (χ0n) is 11.2. The molecule has 17 heavy (non-hydrogen) atoms. The molecule has 0 aromatic rings. The van der Waals surface area contributed by atoms with Crippen LogP contribution in [0, 0.1) is 10.7 Å². The predicted molar refractivity (Wildman–Crippen MR) is 72.7 cm³/mol. The second-order valence-electron chi connectivity index (χ2n) is 3.54. The fraction of sp³-hybridized carbons (Fsp3) is 0.909. The zero-order valence-corrected chi connectivity index (χ0v) is 13.0. The van der Waals surface area contributed by atoms with Gasteiger partial charge in [-0.2, -0.15) is 5.26 Å². The Hall–Kier alpha value is -0.0631. The summed E-state index contributed by atoms with van der Waals surface area (Å²) in [4.78, 5) is 0. The maximum absolute atomic E-state index is 8.61. The first kappa shape index (κ1) is 16.9. The van der Waals surface area contributed by atoms with Crippen LogP contribution in [-0.4, -0.2) is 33.9 Å². The van der Waals surface area contributed by atoms with Crippen molar-refractivity contribution < 1.29 is 13.3 Å². The number of hydrogen-bond donors (Lipinski definition) is 0. The molecule has 1 atom stereocenters. The Morgan fingerprint density at radius 3 is 1.94 bits per heavy atom. The second kappa shape index (κ2) is 9.92. The Morgan fingerprint density at radius 2 is 1.59 bits per heavy atom. The van der Waals surface area contributed by atoms with Crippen molar-refractivity contribution in [3.63, 3.8) is 0 Å². The van der Waals surface area contributed by atoms with E-state index in [1.165, 1.54) is 11.8 Å². The lowest BCUT2D eigenvalue weighted by atomic mass is 10.4. The number of nitriles is 1. The third-order valence-corrected chi connectivity index (χ3v) is 6.03. The number of thioether (sulfide) groups is 1. The molecule has 0 radical (unpaired) electrons. The van der Waals surface area contributed by atoms with E-state index in [1.54, 1.807) is 0 Å². The van der Waals surface area contributed by atoms with Crippen LogP contribution in [0.3, 0.4) is 0 Å². The molecule has 0 saturated carbocycles. The monoisotopic (exact) mass is 277 g/mol. The van der Waals surface area contributed by atoms with Crippen molar-refractivity contribution in [3.8, 4) is 5.40 Å².